The molecule has 160 valence electrons. The van der Waals surface area contributed by atoms with Gasteiger partial charge in [0.25, 0.3) is 11.8 Å². The number of aromatic nitrogens is 3. The molecule has 2 N–H and O–H groups in total. The monoisotopic (exact) mass is 412 g/mol. The van der Waals surface area contributed by atoms with E-state index in [1.165, 1.54) is 15.6 Å². The molecule has 3 rings (SSSR count). The molecule has 3 amide bonds. The lowest BCUT2D eigenvalue weighted by Crippen LogP contribution is -2.62. The minimum Gasteiger partial charge on any atom is -0.354 e. The van der Waals surface area contributed by atoms with Gasteiger partial charge in [-0.05, 0) is 31.4 Å². The summed E-state index contributed by atoms with van der Waals surface area (Å²) >= 11 is 0. The highest BCUT2D eigenvalue weighted by molar-refractivity contribution is 6.01. The molecule has 1 atom stereocenters. The van der Waals surface area contributed by atoms with Gasteiger partial charge in [0.1, 0.15) is 11.2 Å². The molecule has 1 aliphatic rings. The summed E-state index contributed by atoms with van der Waals surface area (Å²) in [7, 11) is 1.60. The van der Waals surface area contributed by atoms with Crippen molar-refractivity contribution in [2.24, 2.45) is 5.92 Å². The van der Waals surface area contributed by atoms with Gasteiger partial charge in [-0.25, -0.2) is 0 Å². The third-order valence-electron chi connectivity index (χ3n) is 5.39. The fourth-order valence-corrected chi connectivity index (χ4v) is 3.27. The second-order valence-corrected chi connectivity index (χ2v) is 8.15. The fourth-order valence-electron chi connectivity index (χ4n) is 3.27. The van der Waals surface area contributed by atoms with Crippen molar-refractivity contribution in [3.63, 3.8) is 0 Å². The van der Waals surface area contributed by atoms with E-state index in [1.54, 1.807) is 32.3 Å². The first-order chi connectivity index (χ1) is 14.2. The Morgan fingerprint density at radius 1 is 1.27 bits per heavy atom. The number of carbonyl (C=O) groups is 3. The zero-order valence-corrected chi connectivity index (χ0v) is 17.8. The standard InChI is InChI=1S/C21H28N6O3/c1-14(2)8-10-23-20(30)21(3)13-27-17(19(29)26(21)4)11-16(25-27)18(28)24-12-15-7-5-6-9-22-15/h5-7,9,11,14H,8,10,12-13H2,1-4H3,(H,23,30)(H,24,28)/t21-/m0/s1. The predicted octanol–water partition coefficient (Wildman–Crippen LogP) is 1.21. The number of nitrogens with one attached hydrogen (secondary N) is 2. The van der Waals surface area contributed by atoms with Crippen molar-refractivity contribution in [1.29, 1.82) is 0 Å². The molecule has 3 heterocycles. The highest BCUT2D eigenvalue weighted by Gasteiger charge is 2.46. The van der Waals surface area contributed by atoms with E-state index in [4.69, 9.17) is 0 Å². The number of nitrogens with zero attached hydrogens (tertiary/aromatic N) is 4. The maximum Gasteiger partial charge on any atom is 0.272 e. The van der Waals surface area contributed by atoms with Crippen molar-refractivity contribution in [3.05, 3.63) is 47.5 Å². The van der Waals surface area contributed by atoms with Gasteiger partial charge in [-0.3, -0.25) is 24.0 Å². The van der Waals surface area contributed by atoms with E-state index in [9.17, 15) is 14.4 Å². The van der Waals surface area contributed by atoms with Crippen LogP contribution in [-0.4, -0.2) is 56.5 Å². The van der Waals surface area contributed by atoms with Crippen LogP contribution in [0.2, 0.25) is 0 Å². The summed E-state index contributed by atoms with van der Waals surface area (Å²) in [5.74, 6) is -0.518. The van der Waals surface area contributed by atoms with Crippen LogP contribution in [0.5, 0.6) is 0 Å². The van der Waals surface area contributed by atoms with E-state index in [-0.39, 0.29) is 36.3 Å². The van der Waals surface area contributed by atoms with Crippen LogP contribution in [0.3, 0.4) is 0 Å². The Bertz CT molecular complexity index is 939. The SMILES string of the molecule is CC(C)CCNC(=O)[C@]1(C)Cn2nc(C(=O)NCc3ccccn3)cc2C(=O)N1C. The Morgan fingerprint density at radius 3 is 2.70 bits per heavy atom. The van der Waals surface area contributed by atoms with Crippen molar-refractivity contribution in [1.82, 2.24) is 30.3 Å². The van der Waals surface area contributed by atoms with E-state index in [2.05, 4.69) is 34.6 Å². The molecule has 0 bridgehead atoms. The first kappa shape index (κ1) is 21.5. The molecule has 0 saturated carbocycles. The van der Waals surface area contributed by atoms with Gasteiger partial charge in [0, 0.05) is 25.9 Å². The number of pyridine rings is 1. The summed E-state index contributed by atoms with van der Waals surface area (Å²) in [4.78, 5) is 43.8. The summed E-state index contributed by atoms with van der Waals surface area (Å²) in [5, 5.41) is 9.96. The van der Waals surface area contributed by atoms with E-state index < -0.39 is 11.4 Å². The molecule has 0 saturated heterocycles. The molecule has 9 heteroatoms. The van der Waals surface area contributed by atoms with Gasteiger partial charge in [0.05, 0.1) is 18.8 Å². The van der Waals surface area contributed by atoms with Gasteiger partial charge in [-0.1, -0.05) is 19.9 Å². The normalized spacial score (nSPS) is 18.3. The summed E-state index contributed by atoms with van der Waals surface area (Å²) < 4.78 is 1.44. The van der Waals surface area contributed by atoms with Gasteiger partial charge >= 0.3 is 0 Å². The van der Waals surface area contributed by atoms with Crippen LogP contribution in [-0.2, 0) is 17.9 Å². The molecule has 0 radical (unpaired) electrons. The van der Waals surface area contributed by atoms with Crippen molar-refractivity contribution in [2.75, 3.05) is 13.6 Å². The van der Waals surface area contributed by atoms with Crippen molar-refractivity contribution >= 4 is 17.7 Å². The van der Waals surface area contributed by atoms with Crippen molar-refractivity contribution in [3.8, 4) is 0 Å². The van der Waals surface area contributed by atoms with Crippen molar-refractivity contribution < 1.29 is 14.4 Å². The van der Waals surface area contributed by atoms with Crippen LogP contribution in [0, 0.1) is 5.92 Å². The van der Waals surface area contributed by atoms with Crippen LogP contribution in [0.15, 0.2) is 30.5 Å². The molecule has 1 aliphatic heterocycles. The molecule has 0 aliphatic carbocycles. The summed E-state index contributed by atoms with van der Waals surface area (Å²) in [6.07, 6.45) is 2.51. The van der Waals surface area contributed by atoms with E-state index in [1.807, 2.05) is 6.07 Å². The number of rotatable bonds is 7. The lowest BCUT2D eigenvalue weighted by atomic mass is 9.95. The van der Waals surface area contributed by atoms with Gasteiger partial charge in [0.15, 0.2) is 5.69 Å². The van der Waals surface area contributed by atoms with E-state index >= 15 is 0 Å². The average Bonchev–Trinajstić information content (AvgIpc) is 3.14. The van der Waals surface area contributed by atoms with Gasteiger partial charge in [0.2, 0.25) is 5.91 Å². The first-order valence-corrected chi connectivity index (χ1v) is 10.0. The van der Waals surface area contributed by atoms with Crippen LogP contribution < -0.4 is 10.6 Å². The quantitative estimate of drug-likeness (QED) is 0.711. The first-order valence-electron chi connectivity index (χ1n) is 10.0. The molecule has 2 aromatic rings. The number of carbonyl (C=O) groups excluding carboxylic acids is 3. The molecule has 0 spiro atoms. The number of fused-ring (bicyclic) bond motifs is 1. The Kier molecular flexibility index (Phi) is 6.19. The number of hydrogen-bond acceptors (Lipinski definition) is 5. The lowest BCUT2D eigenvalue weighted by Gasteiger charge is -2.40. The zero-order valence-electron chi connectivity index (χ0n) is 17.8. The minimum atomic E-state index is -1.09. The Hall–Kier alpha value is -3.23. The Balaban J connectivity index is 1.73. The zero-order chi connectivity index (χ0) is 21.9. The molecule has 30 heavy (non-hydrogen) atoms. The molecule has 0 fully saturated rings. The molecule has 0 aromatic carbocycles. The minimum absolute atomic E-state index is 0.132. The molecule has 9 nitrogen and oxygen atoms in total. The van der Waals surface area contributed by atoms with Gasteiger partial charge < -0.3 is 15.5 Å². The van der Waals surface area contributed by atoms with Crippen LogP contribution >= 0.6 is 0 Å². The maximum atomic E-state index is 12.9. The van der Waals surface area contributed by atoms with E-state index in [0.29, 0.717) is 12.5 Å². The molecule has 0 unspecified atom stereocenters. The average molecular weight is 412 g/mol. The van der Waals surface area contributed by atoms with Gasteiger partial charge in [-0.2, -0.15) is 5.10 Å². The molecular weight excluding hydrogens is 384 g/mol. The smallest absolute Gasteiger partial charge is 0.272 e. The topological polar surface area (TPSA) is 109 Å². The predicted molar refractivity (Wildman–Crippen MR) is 111 cm³/mol. The van der Waals surface area contributed by atoms with Crippen LogP contribution in [0.25, 0.3) is 0 Å². The molecule has 2 aromatic heterocycles. The number of hydrogen-bond donors (Lipinski definition) is 2. The third-order valence-corrected chi connectivity index (χ3v) is 5.39. The lowest BCUT2D eigenvalue weighted by molar-refractivity contribution is -0.132. The highest BCUT2D eigenvalue weighted by atomic mass is 16.2. The van der Waals surface area contributed by atoms with Crippen molar-refractivity contribution in [2.45, 2.75) is 45.8 Å². The third kappa shape index (κ3) is 4.34. The van der Waals surface area contributed by atoms with Crippen LogP contribution in [0.1, 0.15) is 53.9 Å². The maximum absolute atomic E-state index is 12.9. The van der Waals surface area contributed by atoms with Gasteiger partial charge in [-0.15, -0.1) is 0 Å². The highest BCUT2D eigenvalue weighted by Crippen LogP contribution is 2.26. The fraction of sp³-hybridized carbons (Fsp3) is 0.476. The Labute approximate surface area is 175 Å². The summed E-state index contributed by atoms with van der Waals surface area (Å²) in [6, 6.07) is 6.90. The number of likely N-dealkylation sites (N-methyl/N-ethyl adjacent to an activating group) is 1. The molecular formula is C21H28N6O3. The Morgan fingerprint density at radius 2 is 2.03 bits per heavy atom. The summed E-state index contributed by atoms with van der Waals surface area (Å²) in [5.41, 5.74) is 0.0470. The second kappa shape index (κ2) is 8.64. The summed E-state index contributed by atoms with van der Waals surface area (Å²) in [6.45, 7) is 6.85. The van der Waals surface area contributed by atoms with E-state index in [0.717, 1.165) is 12.1 Å². The number of amides is 3. The second-order valence-electron chi connectivity index (χ2n) is 8.15. The largest absolute Gasteiger partial charge is 0.354 e. The van der Waals surface area contributed by atoms with Crippen LogP contribution in [0.4, 0.5) is 0 Å².